The first-order valence-corrected chi connectivity index (χ1v) is 11.0. The predicted molar refractivity (Wildman–Crippen MR) is 125 cm³/mol. The van der Waals surface area contributed by atoms with E-state index in [9.17, 15) is 14.4 Å². The average molecular weight is 445 g/mol. The van der Waals surface area contributed by atoms with Crippen LogP contribution in [-0.4, -0.2) is 48.2 Å². The molecular weight excluding hydrogens is 408 g/mol. The number of amides is 2. The van der Waals surface area contributed by atoms with E-state index in [4.69, 9.17) is 9.84 Å². The smallest absolute Gasteiger partial charge is 0.305 e. The number of carbonyl (C=O) groups is 3. The Kier molecular flexibility index (Phi) is 13.4. The molecule has 32 heavy (non-hydrogen) atoms. The van der Waals surface area contributed by atoms with E-state index < -0.39 is 12.0 Å². The van der Waals surface area contributed by atoms with Gasteiger partial charge in [-0.2, -0.15) is 0 Å². The maximum Gasteiger partial charge on any atom is 0.305 e. The minimum absolute atomic E-state index is 0.0262. The summed E-state index contributed by atoms with van der Waals surface area (Å²) in [6.07, 6.45) is 5.83. The molecule has 7 nitrogen and oxygen atoms in total. The first kappa shape index (κ1) is 27.1. The van der Waals surface area contributed by atoms with Crippen LogP contribution in [0.3, 0.4) is 0 Å². The number of hydrogen-bond acceptors (Lipinski definition) is 5. The van der Waals surface area contributed by atoms with Gasteiger partial charge in [0, 0.05) is 18.9 Å². The first-order valence-electron chi connectivity index (χ1n) is 11.0. The van der Waals surface area contributed by atoms with Crippen LogP contribution in [0.4, 0.5) is 0 Å². The quantitative estimate of drug-likeness (QED) is 0.207. The molecule has 0 bridgehead atoms. The Balaban J connectivity index is 2.78. The molecule has 0 heterocycles. The fraction of sp³-hybridized carbons (Fsp3) is 0.480. The van der Waals surface area contributed by atoms with Gasteiger partial charge in [0.25, 0.3) is 0 Å². The Hall–Kier alpha value is -2.93. The SMILES string of the molecule is C=CCCCC(=O)OC[C@@H](Cc1ccccc1)NC(=O)[C@H](CC=C)CC(=O)N[C@H](C)CO. The molecule has 7 heteroatoms. The summed E-state index contributed by atoms with van der Waals surface area (Å²) in [7, 11) is 0. The highest BCUT2D eigenvalue weighted by Crippen LogP contribution is 2.12. The molecule has 0 spiro atoms. The molecule has 0 aliphatic heterocycles. The van der Waals surface area contributed by atoms with Crippen LogP contribution in [0.2, 0.25) is 0 Å². The van der Waals surface area contributed by atoms with Crippen molar-refractivity contribution in [3.63, 3.8) is 0 Å². The number of unbranched alkanes of at least 4 members (excludes halogenated alkanes) is 1. The molecule has 0 saturated heterocycles. The molecule has 1 aromatic rings. The zero-order chi connectivity index (χ0) is 23.8. The van der Waals surface area contributed by atoms with Crippen molar-refractivity contribution < 1.29 is 24.2 Å². The van der Waals surface area contributed by atoms with E-state index >= 15 is 0 Å². The largest absolute Gasteiger partial charge is 0.463 e. The monoisotopic (exact) mass is 444 g/mol. The molecule has 3 atom stereocenters. The molecule has 0 aromatic heterocycles. The lowest BCUT2D eigenvalue weighted by molar-refractivity contribution is -0.145. The van der Waals surface area contributed by atoms with E-state index in [-0.39, 0.29) is 43.5 Å². The zero-order valence-electron chi connectivity index (χ0n) is 18.9. The Morgan fingerprint density at radius 1 is 1.12 bits per heavy atom. The third-order valence-electron chi connectivity index (χ3n) is 4.84. The first-order chi connectivity index (χ1) is 15.4. The minimum atomic E-state index is -0.611. The van der Waals surface area contributed by atoms with Crippen LogP contribution in [0.15, 0.2) is 55.6 Å². The van der Waals surface area contributed by atoms with Gasteiger partial charge in [0.1, 0.15) is 6.61 Å². The van der Waals surface area contributed by atoms with Crippen molar-refractivity contribution in [1.29, 1.82) is 0 Å². The number of aliphatic hydroxyl groups excluding tert-OH is 1. The Morgan fingerprint density at radius 2 is 1.84 bits per heavy atom. The highest BCUT2D eigenvalue weighted by atomic mass is 16.5. The van der Waals surface area contributed by atoms with E-state index in [0.717, 1.165) is 12.0 Å². The summed E-state index contributed by atoms with van der Waals surface area (Å²) in [5.41, 5.74) is 0.996. The predicted octanol–water partition coefficient (Wildman–Crippen LogP) is 2.69. The molecule has 0 fully saturated rings. The van der Waals surface area contributed by atoms with Gasteiger partial charge in [-0.05, 0) is 38.2 Å². The van der Waals surface area contributed by atoms with Crippen LogP contribution in [-0.2, 0) is 25.5 Å². The second-order valence-corrected chi connectivity index (χ2v) is 7.84. The maximum atomic E-state index is 12.9. The van der Waals surface area contributed by atoms with E-state index in [1.807, 2.05) is 30.3 Å². The van der Waals surface area contributed by atoms with Crippen molar-refractivity contribution in [3.05, 3.63) is 61.2 Å². The normalized spacial score (nSPS) is 13.3. The van der Waals surface area contributed by atoms with Crippen molar-refractivity contribution in [3.8, 4) is 0 Å². The average Bonchev–Trinajstić information content (AvgIpc) is 2.77. The molecule has 1 aromatic carbocycles. The van der Waals surface area contributed by atoms with Gasteiger partial charge in [-0.3, -0.25) is 14.4 Å². The Bertz CT molecular complexity index is 735. The molecular formula is C25H36N2O5. The molecule has 176 valence electrons. The van der Waals surface area contributed by atoms with Gasteiger partial charge in [-0.1, -0.05) is 42.5 Å². The molecule has 1 rings (SSSR count). The number of nitrogens with one attached hydrogen (secondary N) is 2. The highest BCUT2D eigenvalue weighted by Gasteiger charge is 2.24. The molecule has 3 N–H and O–H groups in total. The van der Waals surface area contributed by atoms with E-state index in [1.54, 1.807) is 19.1 Å². The van der Waals surface area contributed by atoms with Gasteiger partial charge in [0.15, 0.2) is 0 Å². The van der Waals surface area contributed by atoms with Crippen LogP contribution < -0.4 is 10.6 Å². The second kappa shape index (κ2) is 15.8. The van der Waals surface area contributed by atoms with E-state index in [0.29, 0.717) is 25.7 Å². The van der Waals surface area contributed by atoms with Gasteiger partial charge in [0.05, 0.1) is 18.6 Å². The van der Waals surface area contributed by atoms with Crippen molar-refractivity contribution in [2.45, 2.75) is 57.5 Å². The number of allylic oxidation sites excluding steroid dienone is 2. The lowest BCUT2D eigenvalue weighted by atomic mass is 9.98. The standard InChI is InChI=1S/C25H36N2O5/c1-4-6-8-14-24(30)32-18-22(15-20-12-9-7-10-13-20)27-25(31)21(11-5-2)16-23(29)26-19(3)17-28/h4-5,7,9-10,12-13,19,21-22,28H,1-2,6,8,11,14-18H2,3H3,(H,26,29)(H,27,31)/t19-,21-,22-/m1/s1. The summed E-state index contributed by atoms with van der Waals surface area (Å²) in [6, 6.07) is 8.78. The number of aliphatic hydroxyl groups is 1. The number of ether oxygens (including phenoxy) is 1. The maximum absolute atomic E-state index is 12.9. The van der Waals surface area contributed by atoms with Crippen LogP contribution in [0.5, 0.6) is 0 Å². The number of benzene rings is 1. The van der Waals surface area contributed by atoms with Crippen molar-refractivity contribution in [2.75, 3.05) is 13.2 Å². The number of hydrogen-bond donors (Lipinski definition) is 3. The van der Waals surface area contributed by atoms with Gasteiger partial charge in [0.2, 0.25) is 11.8 Å². The van der Waals surface area contributed by atoms with Crippen molar-refractivity contribution in [1.82, 2.24) is 10.6 Å². The number of carbonyl (C=O) groups excluding carboxylic acids is 3. The summed E-state index contributed by atoms with van der Waals surface area (Å²) in [5, 5.41) is 14.7. The molecule has 0 radical (unpaired) electrons. The lowest BCUT2D eigenvalue weighted by Crippen LogP contribution is -2.45. The second-order valence-electron chi connectivity index (χ2n) is 7.84. The van der Waals surface area contributed by atoms with Crippen LogP contribution in [0.1, 0.15) is 44.6 Å². The Labute approximate surface area is 190 Å². The van der Waals surface area contributed by atoms with Crippen LogP contribution >= 0.6 is 0 Å². The molecule has 0 saturated carbocycles. The van der Waals surface area contributed by atoms with Crippen LogP contribution in [0, 0.1) is 5.92 Å². The van der Waals surface area contributed by atoms with E-state index in [1.165, 1.54) is 0 Å². The zero-order valence-corrected chi connectivity index (χ0v) is 18.9. The summed E-state index contributed by atoms with van der Waals surface area (Å²) < 4.78 is 5.40. The third kappa shape index (κ3) is 11.5. The number of rotatable bonds is 16. The summed E-state index contributed by atoms with van der Waals surface area (Å²) in [5.74, 6) is -1.55. The topological polar surface area (TPSA) is 105 Å². The van der Waals surface area contributed by atoms with Crippen LogP contribution in [0.25, 0.3) is 0 Å². The summed E-state index contributed by atoms with van der Waals surface area (Å²) >= 11 is 0. The minimum Gasteiger partial charge on any atom is -0.463 e. The van der Waals surface area contributed by atoms with Gasteiger partial charge < -0.3 is 20.5 Å². The molecule has 2 amide bonds. The lowest BCUT2D eigenvalue weighted by Gasteiger charge is -2.23. The summed E-state index contributed by atoms with van der Waals surface area (Å²) in [4.78, 5) is 37.2. The molecule has 0 aliphatic rings. The van der Waals surface area contributed by atoms with Crippen molar-refractivity contribution >= 4 is 17.8 Å². The van der Waals surface area contributed by atoms with Gasteiger partial charge in [-0.15, -0.1) is 13.2 Å². The Morgan fingerprint density at radius 3 is 2.47 bits per heavy atom. The fourth-order valence-electron chi connectivity index (χ4n) is 3.11. The van der Waals surface area contributed by atoms with Crippen molar-refractivity contribution in [2.24, 2.45) is 5.92 Å². The van der Waals surface area contributed by atoms with Gasteiger partial charge in [-0.25, -0.2) is 0 Å². The summed E-state index contributed by atoms with van der Waals surface area (Å²) in [6.45, 7) is 8.86. The van der Waals surface area contributed by atoms with E-state index in [2.05, 4.69) is 23.8 Å². The molecule has 0 unspecified atom stereocenters. The number of esters is 1. The molecule has 0 aliphatic carbocycles. The fourth-order valence-corrected chi connectivity index (χ4v) is 3.11. The highest BCUT2D eigenvalue weighted by molar-refractivity contribution is 5.86. The van der Waals surface area contributed by atoms with Gasteiger partial charge >= 0.3 is 5.97 Å². The third-order valence-corrected chi connectivity index (χ3v) is 4.84.